The number of benzene rings is 1. The first-order valence-electron chi connectivity index (χ1n) is 9.80. The van der Waals surface area contributed by atoms with Crippen LogP contribution < -0.4 is 10.6 Å². The van der Waals surface area contributed by atoms with E-state index in [1.807, 2.05) is 24.3 Å². The van der Waals surface area contributed by atoms with Gasteiger partial charge in [0.25, 0.3) is 5.91 Å². The van der Waals surface area contributed by atoms with Crippen molar-refractivity contribution in [3.8, 4) is 0 Å². The van der Waals surface area contributed by atoms with Gasteiger partial charge in [-0.1, -0.05) is 31.5 Å². The van der Waals surface area contributed by atoms with E-state index in [1.54, 1.807) is 12.3 Å². The van der Waals surface area contributed by atoms with Crippen LogP contribution in [0.15, 0.2) is 36.5 Å². The number of urea groups is 1. The summed E-state index contributed by atoms with van der Waals surface area (Å²) in [5.74, 6) is -0.0919. The number of amides is 4. The summed E-state index contributed by atoms with van der Waals surface area (Å²) in [5.41, 5.74) is 0.405. The molecule has 7 nitrogen and oxygen atoms in total. The van der Waals surface area contributed by atoms with Crippen molar-refractivity contribution >= 4 is 34.4 Å². The zero-order chi connectivity index (χ0) is 19.7. The van der Waals surface area contributed by atoms with Crippen molar-refractivity contribution in [2.24, 2.45) is 5.92 Å². The monoisotopic (exact) mass is 380 g/mol. The van der Waals surface area contributed by atoms with Crippen LogP contribution in [0.5, 0.6) is 0 Å². The zero-order valence-corrected chi connectivity index (χ0v) is 15.9. The van der Waals surface area contributed by atoms with Crippen molar-refractivity contribution in [3.63, 3.8) is 0 Å². The zero-order valence-electron chi connectivity index (χ0n) is 15.9. The Morgan fingerprint density at radius 3 is 2.75 bits per heavy atom. The number of hydrogen-bond acceptors (Lipinski definition) is 4. The van der Waals surface area contributed by atoms with Gasteiger partial charge in [-0.15, -0.1) is 0 Å². The Morgan fingerprint density at radius 1 is 1.25 bits per heavy atom. The molecule has 7 heteroatoms. The third-order valence-corrected chi connectivity index (χ3v) is 5.99. The van der Waals surface area contributed by atoms with Gasteiger partial charge < -0.3 is 10.6 Å². The SMILES string of the molecule is CCC1CCC2(CC1)NC(=O)N(CC(=O)Nc1cccc3cccnc13)C2=O. The lowest BCUT2D eigenvalue weighted by Crippen LogP contribution is -2.49. The first kappa shape index (κ1) is 18.4. The predicted octanol–water partition coefficient (Wildman–Crippen LogP) is 3.06. The molecule has 146 valence electrons. The van der Waals surface area contributed by atoms with Crippen molar-refractivity contribution in [1.29, 1.82) is 0 Å². The lowest BCUT2D eigenvalue weighted by atomic mass is 9.75. The van der Waals surface area contributed by atoms with E-state index >= 15 is 0 Å². The van der Waals surface area contributed by atoms with E-state index in [0.29, 0.717) is 30.0 Å². The van der Waals surface area contributed by atoms with Gasteiger partial charge >= 0.3 is 6.03 Å². The Kier molecular flexibility index (Phi) is 4.75. The Labute approximate surface area is 163 Å². The highest BCUT2D eigenvalue weighted by molar-refractivity contribution is 6.11. The molecule has 28 heavy (non-hydrogen) atoms. The number of pyridine rings is 1. The number of nitrogens with one attached hydrogen (secondary N) is 2. The molecule has 1 aromatic carbocycles. The van der Waals surface area contributed by atoms with Crippen molar-refractivity contribution < 1.29 is 14.4 Å². The van der Waals surface area contributed by atoms with E-state index in [9.17, 15) is 14.4 Å². The molecule has 1 spiro atoms. The first-order chi connectivity index (χ1) is 13.5. The van der Waals surface area contributed by atoms with Crippen LogP contribution in [0, 0.1) is 5.92 Å². The molecule has 4 amide bonds. The van der Waals surface area contributed by atoms with Gasteiger partial charge in [-0.2, -0.15) is 0 Å². The maximum absolute atomic E-state index is 12.9. The maximum atomic E-state index is 12.9. The average molecular weight is 380 g/mol. The summed E-state index contributed by atoms with van der Waals surface area (Å²) in [6, 6.07) is 8.75. The lowest BCUT2D eigenvalue weighted by molar-refractivity contribution is -0.135. The number of para-hydroxylation sites is 1. The molecule has 2 aromatic rings. The van der Waals surface area contributed by atoms with Gasteiger partial charge in [0.2, 0.25) is 5.91 Å². The summed E-state index contributed by atoms with van der Waals surface area (Å²) < 4.78 is 0. The lowest BCUT2D eigenvalue weighted by Gasteiger charge is -2.34. The van der Waals surface area contributed by atoms with E-state index < -0.39 is 17.5 Å². The number of carbonyl (C=O) groups is 3. The number of imide groups is 1. The molecular formula is C21H24N4O3. The normalized spacial score (nSPS) is 24.6. The molecule has 1 aliphatic heterocycles. The van der Waals surface area contributed by atoms with Crippen molar-refractivity contribution in [1.82, 2.24) is 15.2 Å². The molecule has 1 aliphatic carbocycles. The van der Waals surface area contributed by atoms with Crippen LogP contribution in [0.25, 0.3) is 10.9 Å². The molecule has 2 fully saturated rings. The second kappa shape index (κ2) is 7.22. The third-order valence-electron chi connectivity index (χ3n) is 5.99. The molecule has 1 aromatic heterocycles. The standard InChI is InChI=1S/C21H24N4O3/c1-2-14-8-10-21(11-9-14)19(27)25(20(28)24-21)13-17(26)23-16-7-3-5-15-6-4-12-22-18(15)16/h3-7,12,14H,2,8-11,13H2,1H3,(H,23,26)(H,24,28). The summed E-state index contributed by atoms with van der Waals surface area (Å²) >= 11 is 0. The fraction of sp³-hybridized carbons (Fsp3) is 0.429. The molecule has 0 bridgehead atoms. The minimum atomic E-state index is -0.829. The Morgan fingerprint density at radius 2 is 2.00 bits per heavy atom. The van der Waals surface area contributed by atoms with Crippen LogP contribution >= 0.6 is 0 Å². The number of carbonyl (C=O) groups excluding carboxylic acids is 3. The van der Waals surface area contributed by atoms with E-state index in [-0.39, 0.29) is 12.5 Å². The van der Waals surface area contributed by atoms with E-state index in [4.69, 9.17) is 0 Å². The van der Waals surface area contributed by atoms with Crippen LogP contribution in [0.3, 0.4) is 0 Å². The molecular weight excluding hydrogens is 356 g/mol. The highest BCUT2D eigenvalue weighted by atomic mass is 16.2. The summed E-state index contributed by atoms with van der Waals surface area (Å²) in [4.78, 5) is 43.3. The predicted molar refractivity (Wildman–Crippen MR) is 106 cm³/mol. The summed E-state index contributed by atoms with van der Waals surface area (Å²) in [5, 5.41) is 6.55. The smallest absolute Gasteiger partial charge is 0.323 e. The fourth-order valence-electron chi connectivity index (χ4n) is 4.28. The van der Waals surface area contributed by atoms with E-state index in [2.05, 4.69) is 22.5 Å². The Bertz CT molecular complexity index is 929. The van der Waals surface area contributed by atoms with Crippen molar-refractivity contribution in [2.75, 3.05) is 11.9 Å². The van der Waals surface area contributed by atoms with Crippen LogP contribution in [-0.2, 0) is 9.59 Å². The van der Waals surface area contributed by atoms with Crippen LogP contribution in [-0.4, -0.2) is 39.8 Å². The summed E-state index contributed by atoms with van der Waals surface area (Å²) in [6.45, 7) is 1.85. The number of fused-ring (bicyclic) bond motifs is 1. The molecule has 1 saturated carbocycles. The van der Waals surface area contributed by atoms with Crippen LogP contribution in [0.2, 0.25) is 0 Å². The molecule has 0 radical (unpaired) electrons. The topological polar surface area (TPSA) is 91.4 Å². The molecule has 0 atom stereocenters. The highest BCUT2D eigenvalue weighted by Gasteiger charge is 2.52. The quantitative estimate of drug-likeness (QED) is 0.798. The molecule has 4 rings (SSSR count). The van der Waals surface area contributed by atoms with Crippen LogP contribution in [0.4, 0.5) is 10.5 Å². The van der Waals surface area contributed by atoms with Gasteiger partial charge in [0.05, 0.1) is 11.2 Å². The Hall–Kier alpha value is -2.96. The van der Waals surface area contributed by atoms with Gasteiger partial charge in [-0.3, -0.25) is 19.5 Å². The average Bonchev–Trinajstić information content (AvgIpc) is 2.93. The largest absolute Gasteiger partial charge is 0.325 e. The molecule has 2 heterocycles. The minimum absolute atomic E-state index is 0.279. The van der Waals surface area contributed by atoms with Gasteiger partial charge in [0.1, 0.15) is 12.1 Å². The molecule has 1 saturated heterocycles. The highest BCUT2D eigenvalue weighted by Crippen LogP contribution is 2.37. The van der Waals surface area contributed by atoms with Gasteiger partial charge in [-0.05, 0) is 43.7 Å². The van der Waals surface area contributed by atoms with Crippen LogP contribution in [0.1, 0.15) is 39.0 Å². The number of aromatic nitrogens is 1. The van der Waals surface area contributed by atoms with E-state index in [1.165, 1.54) is 0 Å². The minimum Gasteiger partial charge on any atom is -0.323 e. The van der Waals surface area contributed by atoms with Gasteiger partial charge in [0.15, 0.2) is 0 Å². The maximum Gasteiger partial charge on any atom is 0.325 e. The second-order valence-corrected chi connectivity index (χ2v) is 7.68. The summed E-state index contributed by atoms with van der Waals surface area (Å²) in [7, 11) is 0. The Balaban J connectivity index is 1.46. The van der Waals surface area contributed by atoms with Crippen molar-refractivity contribution in [3.05, 3.63) is 36.5 Å². The number of anilines is 1. The number of nitrogens with zero attached hydrogens (tertiary/aromatic N) is 2. The molecule has 2 N–H and O–H groups in total. The van der Waals surface area contributed by atoms with Gasteiger partial charge in [-0.25, -0.2) is 4.79 Å². The first-order valence-corrected chi connectivity index (χ1v) is 9.80. The van der Waals surface area contributed by atoms with E-state index in [0.717, 1.165) is 29.5 Å². The second-order valence-electron chi connectivity index (χ2n) is 7.68. The van der Waals surface area contributed by atoms with Gasteiger partial charge in [0, 0.05) is 11.6 Å². The third kappa shape index (κ3) is 3.21. The van der Waals surface area contributed by atoms with Crippen molar-refractivity contribution in [2.45, 2.75) is 44.6 Å². The molecule has 2 aliphatic rings. The number of hydrogen-bond donors (Lipinski definition) is 2. The number of rotatable bonds is 4. The molecule has 0 unspecified atom stereocenters. The summed E-state index contributed by atoms with van der Waals surface area (Å²) in [6.07, 6.45) is 5.87. The fourth-order valence-corrected chi connectivity index (χ4v) is 4.28.